The summed E-state index contributed by atoms with van der Waals surface area (Å²) in [5, 5.41) is 0. The van der Waals surface area contributed by atoms with Crippen LogP contribution < -0.4 is 0 Å². The Morgan fingerprint density at radius 1 is 1.46 bits per heavy atom. The number of thiol groups is 1. The second-order valence-electron chi connectivity index (χ2n) is 2.36. The first-order chi connectivity index (χ1) is 6.27. The van der Waals surface area contributed by atoms with Crippen LogP contribution in [0.5, 0.6) is 0 Å². The lowest BCUT2D eigenvalue weighted by Gasteiger charge is -1.98. The molecule has 1 aromatic carbocycles. The Balaban J connectivity index is 2.87. The molecule has 0 saturated heterocycles. The lowest BCUT2D eigenvalue weighted by Crippen LogP contribution is -2.00. The highest BCUT2D eigenvalue weighted by Crippen LogP contribution is 2.03. The van der Waals surface area contributed by atoms with E-state index < -0.39 is 0 Å². The number of esters is 1. The van der Waals surface area contributed by atoms with Gasteiger partial charge >= 0.3 is 5.97 Å². The Morgan fingerprint density at radius 2 is 2.08 bits per heavy atom. The number of nitrogens with zero attached hydrogens (tertiary/aromatic N) is 1. The normalized spacial score (nSPS) is 10.3. The first-order valence-electron chi connectivity index (χ1n) is 3.63. The fourth-order valence-electron chi connectivity index (χ4n) is 0.890. The number of methoxy groups -OCH3 is 1. The maximum atomic E-state index is 11.0. The molecule has 0 amide bonds. The highest BCUT2D eigenvalue weighted by molar-refractivity contribution is 7.78. The van der Waals surface area contributed by atoms with E-state index >= 15 is 0 Å². The van der Waals surface area contributed by atoms with E-state index in [1.807, 2.05) is 0 Å². The quantitative estimate of drug-likeness (QED) is 0.443. The average molecular weight is 195 g/mol. The number of ether oxygens (including phenoxy) is 1. The van der Waals surface area contributed by atoms with E-state index in [9.17, 15) is 4.79 Å². The van der Waals surface area contributed by atoms with Crippen molar-refractivity contribution >= 4 is 25.0 Å². The molecule has 0 bridgehead atoms. The average Bonchev–Trinajstić information content (AvgIpc) is 2.18. The van der Waals surface area contributed by atoms with Gasteiger partial charge in [0.2, 0.25) is 0 Å². The topological polar surface area (TPSA) is 38.7 Å². The van der Waals surface area contributed by atoms with Crippen LogP contribution in [0.15, 0.2) is 28.7 Å². The van der Waals surface area contributed by atoms with Gasteiger partial charge in [0, 0.05) is 6.21 Å². The van der Waals surface area contributed by atoms with Gasteiger partial charge in [-0.1, -0.05) is 12.1 Å². The molecule has 68 valence electrons. The molecule has 0 spiro atoms. The van der Waals surface area contributed by atoms with E-state index in [0.717, 1.165) is 5.56 Å². The minimum atomic E-state index is -0.339. The molecule has 0 fully saturated rings. The van der Waals surface area contributed by atoms with Crippen molar-refractivity contribution in [3.63, 3.8) is 0 Å². The van der Waals surface area contributed by atoms with Gasteiger partial charge < -0.3 is 4.74 Å². The van der Waals surface area contributed by atoms with Crippen molar-refractivity contribution in [1.29, 1.82) is 0 Å². The van der Waals surface area contributed by atoms with Crippen molar-refractivity contribution in [2.75, 3.05) is 7.11 Å². The number of hydrogen-bond acceptors (Lipinski definition) is 4. The van der Waals surface area contributed by atoms with Gasteiger partial charge in [0.05, 0.1) is 12.7 Å². The van der Waals surface area contributed by atoms with Crippen LogP contribution in [0.3, 0.4) is 0 Å². The zero-order chi connectivity index (χ0) is 9.68. The number of rotatable bonds is 2. The van der Waals surface area contributed by atoms with Gasteiger partial charge in [-0.2, -0.15) is 0 Å². The molecule has 1 rings (SSSR count). The molecule has 0 aliphatic carbocycles. The molecule has 0 radical (unpaired) electrons. The van der Waals surface area contributed by atoms with Crippen LogP contribution in [0.1, 0.15) is 15.9 Å². The van der Waals surface area contributed by atoms with E-state index in [-0.39, 0.29) is 5.97 Å². The molecule has 0 N–H and O–H groups in total. The molecular weight excluding hydrogens is 186 g/mol. The predicted molar refractivity (Wildman–Crippen MR) is 54.4 cm³/mol. The number of carbonyl (C=O) groups excluding carboxylic acids is 1. The fraction of sp³-hybridized carbons (Fsp3) is 0.111. The zero-order valence-electron chi connectivity index (χ0n) is 7.10. The van der Waals surface area contributed by atoms with Crippen molar-refractivity contribution in [2.24, 2.45) is 4.40 Å². The SMILES string of the molecule is COC(=O)c1ccc(/C=N/S)cc1. The summed E-state index contributed by atoms with van der Waals surface area (Å²) >= 11 is 3.69. The molecule has 0 heterocycles. The summed E-state index contributed by atoms with van der Waals surface area (Å²) < 4.78 is 8.10. The molecule has 0 atom stereocenters. The van der Waals surface area contributed by atoms with E-state index in [1.54, 1.807) is 30.5 Å². The Bertz CT molecular complexity index is 319. The Morgan fingerprint density at radius 3 is 2.54 bits per heavy atom. The largest absolute Gasteiger partial charge is 0.465 e. The lowest BCUT2D eigenvalue weighted by atomic mass is 10.1. The van der Waals surface area contributed by atoms with Crippen LogP contribution in [0.25, 0.3) is 0 Å². The summed E-state index contributed by atoms with van der Waals surface area (Å²) in [6.45, 7) is 0. The second kappa shape index (κ2) is 4.67. The van der Waals surface area contributed by atoms with Crippen LogP contribution in [-0.4, -0.2) is 19.3 Å². The summed E-state index contributed by atoms with van der Waals surface area (Å²) in [7, 11) is 1.35. The van der Waals surface area contributed by atoms with Gasteiger partial charge in [-0.05, 0) is 30.5 Å². The minimum absolute atomic E-state index is 0.339. The van der Waals surface area contributed by atoms with Crippen molar-refractivity contribution in [2.45, 2.75) is 0 Å². The van der Waals surface area contributed by atoms with Crippen LogP contribution in [0.4, 0.5) is 0 Å². The molecule has 0 aliphatic rings. The van der Waals surface area contributed by atoms with Gasteiger partial charge in [0.25, 0.3) is 0 Å². The summed E-state index contributed by atoms with van der Waals surface area (Å²) in [5.74, 6) is -0.339. The van der Waals surface area contributed by atoms with Crippen molar-refractivity contribution < 1.29 is 9.53 Å². The smallest absolute Gasteiger partial charge is 0.337 e. The van der Waals surface area contributed by atoms with Gasteiger partial charge in [0.15, 0.2) is 0 Å². The number of hydrogen-bond donors (Lipinski definition) is 1. The number of carbonyl (C=O) groups is 1. The fourth-order valence-corrected chi connectivity index (χ4v) is 1.02. The Kier molecular flexibility index (Phi) is 3.52. The second-order valence-corrected chi connectivity index (χ2v) is 2.59. The van der Waals surface area contributed by atoms with E-state index in [0.29, 0.717) is 5.56 Å². The van der Waals surface area contributed by atoms with Gasteiger partial charge in [0.1, 0.15) is 0 Å². The molecule has 3 nitrogen and oxygen atoms in total. The third kappa shape index (κ3) is 2.59. The summed E-state index contributed by atoms with van der Waals surface area (Å²) in [5.41, 5.74) is 1.42. The Labute approximate surface area is 82.0 Å². The van der Waals surface area contributed by atoms with Crippen LogP contribution in [-0.2, 0) is 4.74 Å². The van der Waals surface area contributed by atoms with E-state index in [2.05, 4.69) is 21.9 Å². The van der Waals surface area contributed by atoms with Gasteiger partial charge in [-0.3, -0.25) is 0 Å². The van der Waals surface area contributed by atoms with Gasteiger partial charge in [-0.25, -0.2) is 9.19 Å². The molecular formula is C9H9NO2S. The molecule has 1 aromatic rings. The molecule has 0 aromatic heterocycles. The third-order valence-electron chi connectivity index (χ3n) is 1.54. The van der Waals surface area contributed by atoms with Crippen molar-refractivity contribution in [1.82, 2.24) is 0 Å². The standard InChI is InChI=1S/C9H9NO2S/c1-12-9(11)8-4-2-7(3-5-8)6-10-13/h2-6,13H,1H3/b10-6+. The first-order valence-corrected chi connectivity index (χ1v) is 4.03. The Hall–Kier alpha value is -1.29. The summed E-state index contributed by atoms with van der Waals surface area (Å²) in [4.78, 5) is 11.0. The minimum Gasteiger partial charge on any atom is -0.465 e. The first kappa shape index (κ1) is 9.80. The molecule has 4 heteroatoms. The zero-order valence-corrected chi connectivity index (χ0v) is 7.99. The lowest BCUT2D eigenvalue weighted by molar-refractivity contribution is 0.0601. The predicted octanol–water partition coefficient (Wildman–Crippen LogP) is 1.74. The van der Waals surface area contributed by atoms with Crippen molar-refractivity contribution in [3.8, 4) is 0 Å². The van der Waals surface area contributed by atoms with E-state index in [1.165, 1.54) is 7.11 Å². The molecule has 0 saturated carbocycles. The summed E-state index contributed by atoms with van der Waals surface area (Å²) in [6.07, 6.45) is 1.59. The molecule has 0 unspecified atom stereocenters. The highest BCUT2D eigenvalue weighted by Gasteiger charge is 2.02. The highest BCUT2D eigenvalue weighted by atomic mass is 32.1. The van der Waals surface area contributed by atoms with E-state index in [4.69, 9.17) is 0 Å². The molecule has 0 aliphatic heterocycles. The van der Waals surface area contributed by atoms with Crippen LogP contribution in [0, 0.1) is 0 Å². The van der Waals surface area contributed by atoms with Crippen LogP contribution in [0.2, 0.25) is 0 Å². The maximum absolute atomic E-state index is 11.0. The van der Waals surface area contributed by atoms with Gasteiger partial charge in [-0.15, -0.1) is 0 Å². The maximum Gasteiger partial charge on any atom is 0.337 e. The van der Waals surface area contributed by atoms with Crippen molar-refractivity contribution in [3.05, 3.63) is 35.4 Å². The monoisotopic (exact) mass is 195 g/mol. The number of benzene rings is 1. The molecule has 13 heavy (non-hydrogen) atoms. The third-order valence-corrected chi connectivity index (χ3v) is 1.65. The summed E-state index contributed by atoms with van der Waals surface area (Å²) in [6, 6.07) is 6.89. The van der Waals surface area contributed by atoms with Crippen LogP contribution >= 0.6 is 12.8 Å².